The van der Waals surface area contributed by atoms with Crippen molar-refractivity contribution in [3.63, 3.8) is 0 Å². The molecule has 4 heteroatoms. The van der Waals surface area contributed by atoms with Crippen molar-refractivity contribution in [1.29, 1.82) is 0 Å². The van der Waals surface area contributed by atoms with Crippen LogP contribution in [0.4, 0.5) is 0 Å². The number of aromatic nitrogens is 2. The van der Waals surface area contributed by atoms with Crippen molar-refractivity contribution < 1.29 is 8.83 Å². The zero-order chi connectivity index (χ0) is 44.4. The van der Waals surface area contributed by atoms with Crippen molar-refractivity contribution in [1.82, 2.24) is 9.97 Å². The highest BCUT2D eigenvalue weighted by molar-refractivity contribution is 6.15. The molecule has 1 aliphatic carbocycles. The molecule has 0 fully saturated rings. The number of nitrogens with zero attached hydrogens (tertiary/aromatic N) is 2. The van der Waals surface area contributed by atoms with Gasteiger partial charge in [-0.05, 0) is 115 Å². The zero-order valence-corrected chi connectivity index (χ0v) is 36.8. The molecule has 0 unspecified atom stereocenters. The molecule has 1 aliphatic rings. The zero-order valence-electron chi connectivity index (χ0n) is 36.8. The number of hydrogen-bond acceptors (Lipinski definition) is 4. The van der Waals surface area contributed by atoms with Crippen LogP contribution in [0.3, 0.4) is 0 Å². The highest BCUT2D eigenvalue weighted by Crippen LogP contribution is 2.54. The molecule has 13 aromatic rings. The second kappa shape index (κ2) is 14.2. The van der Waals surface area contributed by atoms with Crippen LogP contribution in [0.25, 0.3) is 133 Å². The maximum absolute atomic E-state index is 6.49. The van der Waals surface area contributed by atoms with Crippen LogP contribution in [-0.2, 0) is 5.41 Å². The number of furan rings is 2. The van der Waals surface area contributed by atoms with Gasteiger partial charge in [0.2, 0.25) is 0 Å². The minimum absolute atomic E-state index is 0.137. The molecule has 0 saturated carbocycles. The van der Waals surface area contributed by atoms with Gasteiger partial charge in [0.25, 0.3) is 0 Å². The van der Waals surface area contributed by atoms with Gasteiger partial charge in [0.1, 0.15) is 22.3 Å². The third-order valence-electron chi connectivity index (χ3n) is 14.3. The Hall–Kier alpha value is -8.60. The summed E-state index contributed by atoms with van der Waals surface area (Å²) in [5.74, 6) is 0.675. The summed E-state index contributed by atoms with van der Waals surface area (Å²) in [7, 11) is 0. The third kappa shape index (κ3) is 5.73. The fourth-order valence-electron chi connectivity index (χ4n) is 11.0. The molecule has 0 atom stereocenters. The van der Waals surface area contributed by atoms with Crippen LogP contribution >= 0.6 is 0 Å². The monoisotopic (exact) mass is 856 g/mol. The van der Waals surface area contributed by atoms with Crippen molar-refractivity contribution >= 4 is 65.4 Å². The Morgan fingerprint density at radius 3 is 1.70 bits per heavy atom. The minimum Gasteiger partial charge on any atom is -0.456 e. The van der Waals surface area contributed by atoms with Gasteiger partial charge >= 0.3 is 0 Å². The lowest BCUT2D eigenvalue weighted by Gasteiger charge is -2.22. The van der Waals surface area contributed by atoms with E-state index in [1.54, 1.807) is 0 Å². The van der Waals surface area contributed by atoms with Crippen LogP contribution in [0, 0.1) is 0 Å². The predicted octanol–water partition coefficient (Wildman–Crippen LogP) is 17.2. The smallest absolute Gasteiger partial charge is 0.160 e. The third-order valence-corrected chi connectivity index (χ3v) is 14.3. The van der Waals surface area contributed by atoms with Gasteiger partial charge in [-0.1, -0.05) is 172 Å². The summed E-state index contributed by atoms with van der Waals surface area (Å²) in [5.41, 5.74) is 18.0. The number of benzene rings is 10. The van der Waals surface area contributed by atoms with E-state index in [4.69, 9.17) is 18.8 Å². The Kier molecular flexibility index (Phi) is 8.00. The van der Waals surface area contributed by atoms with Crippen molar-refractivity contribution in [3.05, 3.63) is 217 Å². The molecule has 0 spiro atoms. The van der Waals surface area contributed by atoms with Crippen LogP contribution in [0.15, 0.2) is 215 Å². The fraction of sp³-hybridized carbons (Fsp3) is 0.0476. The van der Waals surface area contributed by atoms with E-state index in [2.05, 4.69) is 184 Å². The summed E-state index contributed by atoms with van der Waals surface area (Å²) >= 11 is 0. The quantitative estimate of drug-likeness (QED) is 0.173. The van der Waals surface area contributed by atoms with Crippen LogP contribution in [-0.4, -0.2) is 9.97 Å². The summed E-state index contributed by atoms with van der Waals surface area (Å²) in [5, 5.41) is 9.05. The average molecular weight is 857 g/mol. The minimum atomic E-state index is -0.137. The van der Waals surface area contributed by atoms with Crippen LogP contribution in [0.5, 0.6) is 0 Å². The topological polar surface area (TPSA) is 52.1 Å². The second-order valence-electron chi connectivity index (χ2n) is 18.4. The number of rotatable bonds is 5. The van der Waals surface area contributed by atoms with E-state index in [0.717, 1.165) is 88.5 Å². The summed E-state index contributed by atoms with van der Waals surface area (Å²) in [6, 6.07) is 73.7. The Balaban J connectivity index is 0.934. The van der Waals surface area contributed by atoms with E-state index in [1.807, 2.05) is 36.4 Å². The molecular formula is C63H40N2O2. The Morgan fingerprint density at radius 2 is 0.910 bits per heavy atom. The molecule has 0 saturated heterocycles. The van der Waals surface area contributed by atoms with Crippen molar-refractivity contribution in [3.8, 4) is 67.3 Å². The lowest BCUT2D eigenvalue weighted by molar-refractivity contribution is 0.661. The van der Waals surface area contributed by atoms with E-state index in [-0.39, 0.29) is 5.41 Å². The van der Waals surface area contributed by atoms with Crippen molar-refractivity contribution in [2.75, 3.05) is 0 Å². The Bertz CT molecular complexity index is 4190. The molecule has 0 amide bonds. The molecule has 10 aromatic carbocycles. The average Bonchev–Trinajstić information content (AvgIpc) is 4.00. The van der Waals surface area contributed by atoms with Gasteiger partial charge in [0.05, 0.1) is 11.4 Å². The standard InChI is InChI=1S/C63H40N2O2/c1-63(2)53-25-14-24-48(61(53)52-31-38-17-6-7-18-39(38)33-54(52)63)44-28-29-46(43-21-10-9-20-42(43)44)56-36-55(64-62(65-56)37-15-4-3-5-16-37)45-22-11-8-19-41(45)40-27-30-58-49(32-40)51-35-59-50(34-60(51)67-58)47-23-12-13-26-57(47)66-59/h3-36H,1-2H3. The van der Waals surface area contributed by atoms with Crippen molar-refractivity contribution in [2.45, 2.75) is 19.3 Å². The molecule has 67 heavy (non-hydrogen) atoms. The van der Waals surface area contributed by atoms with Crippen LogP contribution in [0.2, 0.25) is 0 Å². The number of fused-ring (bicyclic) bond motifs is 11. The normalized spacial score (nSPS) is 13.0. The van der Waals surface area contributed by atoms with E-state index in [9.17, 15) is 0 Å². The molecule has 0 bridgehead atoms. The number of para-hydroxylation sites is 1. The highest BCUT2D eigenvalue weighted by Gasteiger charge is 2.37. The first-order valence-electron chi connectivity index (χ1n) is 23.0. The molecule has 14 rings (SSSR count). The second-order valence-corrected chi connectivity index (χ2v) is 18.4. The summed E-state index contributed by atoms with van der Waals surface area (Å²) in [6.07, 6.45) is 0. The Morgan fingerprint density at radius 1 is 0.328 bits per heavy atom. The summed E-state index contributed by atoms with van der Waals surface area (Å²) in [4.78, 5) is 10.7. The molecule has 3 aromatic heterocycles. The molecular weight excluding hydrogens is 817 g/mol. The van der Waals surface area contributed by atoms with Gasteiger partial charge in [-0.25, -0.2) is 9.97 Å². The highest BCUT2D eigenvalue weighted by atomic mass is 16.3. The number of hydrogen-bond donors (Lipinski definition) is 0. The van der Waals surface area contributed by atoms with Gasteiger partial charge in [-0.2, -0.15) is 0 Å². The summed E-state index contributed by atoms with van der Waals surface area (Å²) < 4.78 is 12.8. The van der Waals surface area contributed by atoms with Crippen LogP contribution < -0.4 is 0 Å². The molecule has 3 heterocycles. The maximum atomic E-state index is 6.49. The van der Waals surface area contributed by atoms with Gasteiger partial charge in [0, 0.05) is 43.7 Å². The Labute approximate surface area is 386 Å². The molecule has 0 aliphatic heterocycles. The van der Waals surface area contributed by atoms with E-state index < -0.39 is 0 Å². The summed E-state index contributed by atoms with van der Waals surface area (Å²) in [6.45, 7) is 4.73. The fourth-order valence-corrected chi connectivity index (χ4v) is 11.0. The lowest BCUT2D eigenvalue weighted by atomic mass is 9.81. The van der Waals surface area contributed by atoms with Gasteiger partial charge in [0.15, 0.2) is 5.82 Å². The van der Waals surface area contributed by atoms with E-state index in [1.165, 1.54) is 49.5 Å². The van der Waals surface area contributed by atoms with Gasteiger partial charge < -0.3 is 8.83 Å². The molecule has 0 radical (unpaired) electrons. The molecule has 314 valence electrons. The first-order chi connectivity index (χ1) is 32.9. The predicted molar refractivity (Wildman–Crippen MR) is 276 cm³/mol. The first-order valence-corrected chi connectivity index (χ1v) is 23.0. The van der Waals surface area contributed by atoms with Crippen molar-refractivity contribution in [2.24, 2.45) is 0 Å². The van der Waals surface area contributed by atoms with Gasteiger partial charge in [-0.15, -0.1) is 0 Å². The maximum Gasteiger partial charge on any atom is 0.160 e. The van der Waals surface area contributed by atoms with Crippen LogP contribution in [0.1, 0.15) is 25.0 Å². The largest absolute Gasteiger partial charge is 0.456 e. The first kappa shape index (κ1) is 37.7. The molecule has 4 nitrogen and oxygen atoms in total. The van der Waals surface area contributed by atoms with Gasteiger partial charge in [-0.3, -0.25) is 0 Å². The lowest BCUT2D eigenvalue weighted by Crippen LogP contribution is -2.14. The molecule has 0 N–H and O–H groups in total. The SMILES string of the molecule is CC1(C)c2cc3ccccc3cc2-c2c(-c3ccc(-c4cc(-c5ccccc5-c5ccc6oc7cc8c(cc7c6c5)oc5ccccc58)nc(-c5ccccc5)n4)c4ccccc34)cccc21. The van der Waals surface area contributed by atoms with E-state index >= 15 is 0 Å². The van der Waals surface area contributed by atoms with E-state index in [0.29, 0.717) is 5.82 Å².